The molecule has 0 aromatic heterocycles. The van der Waals surface area contributed by atoms with Crippen LogP contribution >= 0.6 is 11.8 Å². The Kier molecular flexibility index (Phi) is 5.77. The van der Waals surface area contributed by atoms with Crippen LogP contribution in [0.5, 0.6) is 0 Å². The summed E-state index contributed by atoms with van der Waals surface area (Å²) in [5, 5.41) is 0. The van der Waals surface area contributed by atoms with E-state index in [4.69, 9.17) is 5.73 Å². The van der Waals surface area contributed by atoms with Gasteiger partial charge in [0.05, 0.1) is 6.04 Å². The molecule has 0 aromatic rings. The minimum atomic E-state index is -0.397. The Morgan fingerprint density at radius 2 is 1.76 bits per heavy atom. The topological polar surface area (TPSA) is 66.6 Å². The van der Waals surface area contributed by atoms with E-state index in [0.717, 1.165) is 5.75 Å². The fraction of sp³-hybridized carbons (Fsp3) is 0.818. The van der Waals surface area contributed by atoms with Gasteiger partial charge in [0.2, 0.25) is 11.8 Å². The highest BCUT2D eigenvalue weighted by Gasteiger charge is 2.25. The molecule has 1 rings (SSSR count). The Morgan fingerprint density at radius 3 is 2.24 bits per heavy atom. The van der Waals surface area contributed by atoms with Crippen LogP contribution in [0.15, 0.2) is 0 Å². The summed E-state index contributed by atoms with van der Waals surface area (Å²) in [6.07, 6.45) is 2.72. The average Bonchev–Trinajstić information content (AvgIpc) is 2.35. The Balaban J connectivity index is 2.37. The van der Waals surface area contributed by atoms with Crippen molar-refractivity contribution in [2.45, 2.75) is 19.4 Å². The van der Waals surface area contributed by atoms with Gasteiger partial charge in [-0.15, -0.1) is 0 Å². The monoisotopic (exact) mass is 259 g/mol. The zero-order valence-corrected chi connectivity index (χ0v) is 11.3. The molecule has 0 aromatic carbocycles. The molecule has 0 spiro atoms. The van der Waals surface area contributed by atoms with Crippen LogP contribution in [-0.4, -0.2) is 65.8 Å². The van der Waals surface area contributed by atoms with E-state index in [9.17, 15) is 9.59 Å². The number of hydrogen-bond acceptors (Lipinski definition) is 4. The molecule has 0 radical (unpaired) electrons. The van der Waals surface area contributed by atoms with Gasteiger partial charge in [-0.3, -0.25) is 9.59 Å². The second-order valence-electron chi connectivity index (χ2n) is 4.22. The second kappa shape index (κ2) is 6.86. The van der Waals surface area contributed by atoms with E-state index in [1.54, 1.807) is 28.5 Å². The largest absolute Gasteiger partial charge is 0.339 e. The summed E-state index contributed by atoms with van der Waals surface area (Å²) >= 11 is 1.69. The van der Waals surface area contributed by atoms with Crippen LogP contribution in [0, 0.1) is 0 Å². The SMILES string of the molecule is CSCC[C@H](N)C(=O)N1CCN(C(C)=O)CC1. The van der Waals surface area contributed by atoms with Crippen LogP contribution < -0.4 is 5.73 Å². The molecule has 0 bridgehead atoms. The van der Waals surface area contributed by atoms with Gasteiger partial charge in [-0.1, -0.05) is 0 Å². The lowest BCUT2D eigenvalue weighted by atomic mass is 10.2. The standard InChI is InChI=1S/C11H21N3O2S/c1-9(15)13-4-6-14(7-5-13)11(16)10(12)3-8-17-2/h10H,3-8,12H2,1-2H3/t10-/m0/s1. The number of rotatable bonds is 4. The number of thioether (sulfide) groups is 1. The van der Waals surface area contributed by atoms with Gasteiger partial charge in [0.25, 0.3) is 0 Å². The number of piperazine rings is 1. The van der Waals surface area contributed by atoms with Crippen LogP contribution in [0.25, 0.3) is 0 Å². The molecule has 1 aliphatic heterocycles. The second-order valence-corrected chi connectivity index (χ2v) is 5.20. The van der Waals surface area contributed by atoms with Crippen LogP contribution in [0.3, 0.4) is 0 Å². The maximum atomic E-state index is 12.0. The van der Waals surface area contributed by atoms with E-state index in [1.165, 1.54) is 0 Å². The first-order valence-corrected chi connectivity index (χ1v) is 7.24. The van der Waals surface area contributed by atoms with Gasteiger partial charge < -0.3 is 15.5 Å². The summed E-state index contributed by atoms with van der Waals surface area (Å²) in [4.78, 5) is 26.6. The Hall–Kier alpha value is -0.750. The zero-order valence-electron chi connectivity index (χ0n) is 10.5. The van der Waals surface area contributed by atoms with Crippen molar-refractivity contribution in [3.63, 3.8) is 0 Å². The number of carbonyl (C=O) groups is 2. The van der Waals surface area contributed by atoms with Crippen molar-refractivity contribution in [3.05, 3.63) is 0 Å². The molecule has 17 heavy (non-hydrogen) atoms. The number of carbonyl (C=O) groups excluding carboxylic acids is 2. The van der Waals surface area contributed by atoms with Crippen molar-refractivity contribution >= 4 is 23.6 Å². The predicted molar refractivity (Wildman–Crippen MR) is 69.8 cm³/mol. The summed E-state index contributed by atoms with van der Waals surface area (Å²) in [7, 11) is 0. The molecule has 1 atom stereocenters. The number of amides is 2. The number of hydrogen-bond donors (Lipinski definition) is 1. The third kappa shape index (κ3) is 4.20. The smallest absolute Gasteiger partial charge is 0.239 e. The summed E-state index contributed by atoms with van der Waals surface area (Å²) in [5.41, 5.74) is 5.84. The van der Waals surface area contributed by atoms with Crippen molar-refractivity contribution < 1.29 is 9.59 Å². The molecule has 98 valence electrons. The first-order valence-electron chi connectivity index (χ1n) is 5.85. The van der Waals surface area contributed by atoms with Crippen LogP contribution in [0.1, 0.15) is 13.3 Å². The lowest BCUT2D eigenvalue weighted by Crippen LogP contribution is -2.54. The average molecular weight is 259 g/mol. The molecule has 1 aliphatic rings. The molecule has 0 unspecified atom stereocenters. The Morgan fingerprint density at radius 1 is 1.24 bits per heavy atom. The number of nitrogens with two attached hydrogens (primary N) is 1. The molecule has 0 saturated carbocycles. The summed E-state index contributed by atoms with van der Waals surface area (Å²) < 4.78 is 0. The van der Waals surface area contributed by atoms with Gasteiger partial charge in [-0.2, -0.15) is 11.8 Å². The van der Waals surface area contributed by atoms with Crippen molar-refractivity contribution in [1.82, 2.24) is 9.80 Å². The summed E-state index contributed by atoms with van der Waals surface area (Å²) in [6.45, 7) is 4.01. The van der Waals surface area contributed by atoms with Crippen LogP contribution in [0.4, 0.5) is 0 Å². The van der Waals surface area contributed by atoms with Crippen molar-refractivity contribution in [1.29, 1.82) is 0 Å². The lowest BCUT2D eigenvalue weighted by Gasteiger charge is -2.35. The summed E-state index contributed by atoms with van der Waals surface area (Å²) in [6, 6.07) is -0.397. The van der Waals surface area contributed by atoms with Gasteiger partial charge in [-0.05, 0) is 18.4 Å². The predicted octanol–water partition coefficient (Wildman–Crippen LogP) is -0.242. The van der Waals surface area contributed by atoms with E-state index in [-0.39, 0.29) is 11.8 Å². The van der Waals surface area contributed by atoms with Gasteiger partial charge >= 0.3 is 0 Å². The zero-order chi connectivity index (χ0) is 12.8. The van der Waals surface area contributed by atoms with Crippen LogP contribution in [-0.2, 0) is 9.59 Å². The van der Waals surface area contributed by atoms with E-state index in [0.29, 0.717) is 32.6 Å². The fourth-order valence-corrected chi connectivity index (χ4v) is 2.33. The first kappa shape index (κ1) is 14.3. The summed E-state index contributed by atoms with van der Waals surface area (Å²) in [5.74, 6) is 0.992. The van der Waals surface area contributed by atoms with Crippen molar-refractivity contribution in [3.8, 4) is 0 Å². The van der Waals surface area contributed by atoms with Gasteiger partial charge in [0.1, 0.15) is 0 Å². The Labute approximate surface area is 107 Å². The van der Waals surface area contributed by atoms with E-state index >= 15 is 0 Å². The van der Waals surface area contributed by atoms with Crippen molar-refractivity contribution in [2.75, 3.05) is 38.2 Å². The van der Waals surface area contributed by atoms with E-state index in [1.807, 2.05) is 6.26 Å². The lowest BCUT2D eigenvalue weighted by molar-refractivity contribution is -0.139. The van der Waals surface area contributed by atoms with E-state index < -0.39 is 6.04 Å². The van der Waals surface area contributed by atoms with E-state index in [2.05, 4.69) is 0 Å². The highest BCUT2D eigenvalue weighted by Crippen LogP contribution is 2.06. The minimum Gasteiger partial charge on any atom is -0.339 e. The molecule has 2 amide bonds. The van der Waals surface area contributed by atoms with Gasteiger partial charge in [-0.25, -0.2) is 0 Å². The molecule has 2 N–H and O–H groups in total. The molecular formula is C11H21N3O2S. The number of nitrogens with zero attached hydrogens (tertiary/aromatic N) is 2. The van der Waals surface area contributed by atoms with Gasteiger partial charge in [0, 0.05) is 33.1 Å². The van der Waals surface area contributed by atoms with Crippen molar-refractivity contribution in [2.24, 2.45) is 5.73 Å². The molecule has 1 saturated heterocycles. The molecule has 0 aliphatic carbocycles. The minimum absolute atomic E-state index is 0.0160. The Bertz CT molecular complexity index is 278. The molecule has 1 fully saturated rings. The maximum absolute atomic E-state index is 12.0. The normalized spacial score (nSPS) is 18.1. The molecule has 1 heterocycles. The highest BCUT2D eigenvalue weighted by molar-refractivity contribution is 7.98. The van der Waals surface area contributed by atoms with Gasteiger partial charge in [0.15, 0.2) is 0 Å². The highest BCUT2D eigenvalue weighted by atomic mass is 32.2. The van der Waals surface area contributed by atoms with Crippen LogP contribution in [0.2, 0.25) is 0 Å². The third-order valence-electron chi connectivity index (χ3n) is 2.99. The quantitative estimate of drug-likeness (QED) is 0.756. The molecule has 6 heteroatoms. The fourth-order valence-electron chi connectivity index (χ4n) is 1.84. The molecule has 5 nitrogen and oxygen atoms in total. The molecular weight excluding hydrogens is 238 g/mol. The third-order valence-corrected chi connectivity index (χ3v) is 3.63. The first-order chi connectivity index (χ1) is 8.06. The maximum Gasteiger partial charge on any atom is 0.239 e.